The molecule has 0 radical (unpaired) electrons. The van der Waals surface area contributed by atoms with Crippen molar-refractivity contribution in [3.05, 3.63) is 76.8 Å². The highest BCUT2D eigenvalue weighted by Crippen LogP contribution is 2.36. The lowest BCUT2D eigenvalue weighted by molar-refractivity contribution is 0.415. The van der Waals surface area contributed by atoms with Gasteiger partial charge in [-0.25, -0.2) is 4.98 Å². The number of aryl methyl sites for hydroxylation is 1. The van der Waals surface area contributed by atoms with E-state index in [1.165, 1.54) is 5.56 Å². The van der Waals surface area contributed by atoms with E-state index in [0.717, 1.165) is 45.4 Å². The fraction of sp³-hybridized carbons (Fsp3) is 0.136. The standard InChI is InChI=1S/C22H19ClN2O/c1-14-10-17(26-2)12-19-21(14)25-20-11-16(23)8-9-18(20)22(19)24-13-15-6-4-3-5-7-15/h3-12H,13H2,1-2H3,(H,24,25). The third-order valence-corrected chi connectivity index (χ3v) is 4.79. The Morgan fingerprint density at radius 3 is 2.58 bits per heavy atom. The van der Waals surface area contributed by atoms with Crippen molar-refractivity contribution in [1.82, 2.24) is 4.98 Å². The van der Waals surface area contributed by atoms with Crippen molar-refractivity contribution in [2.75, 3.05) is 12.4 Å². The van der Waals surface area contributed by atoms with Gasteiger partial charge in [-0.2, -0.15) is 0 Å². The summed E-state index contributed by atoms with van der Waals surface area (Å²) in [7, 11) is 1.69. The molecule has 0 aliphatic heterocycles. The molecular weight excluding hydrogens is 344 g/mol. The minimum Gasteiger partial charge on any atom is -0.497 e. The summed E-state index contributed by atoms with van der Waals surface area (Å²) >= 11 is 6.20. The Hall–Kier alpha value is -2.78. The molecule has 4 aromatic rings. The smallest absolute Gasteiger partial charge is 0.119 e. The molecule has 0 atom stereocenters. The Morgan fingerprint density at radius 2 is 1.81 bits per heavy atom. The number of fused-ring (bicyclic) bond motifs is 2. The lowest BCUT2D eigenvalue weighted by Crippen LogP contribution is -2.02. The van der Waals surface area contributed by atoms with Crippen molar-refractivity contribution >= 4 is 39.1 Å². The Morgan fingerprint density at radius 1 is 1.00 bits per heavy atom. The molecule has 4 rings (SSSR count). The number of halogens is 1. The predicted molar refractivity (Wildman–Crippen MR) is 109 cm³/mol. The van der Waals surface area contributed by atoms with Gasteiger partial charge in [-0.3, -0.25) is 0 Å². The van der Waals surface area contributed by atoms with E-state index in [0.29, 0.717) is 5.02 Å². The Bertz CT molecular complexity index is 1090. The number of pyridine rings is 1. The van der Waals surface area contributed by atoms with Gasteiger partial charge in [0.15, 0.2) is 0 Å². The molecular formula is C22H19ClN2O. The van der Waals surface area contributed by atoms with Gasteiger partial charge in [0.25, 0.3) is 0 Å². The van der Waals surface area contributed by atoms with E-state index in [9.17, 15) is 0 Å². The first kappa shape index (κ1) is 16.7. The average molecular weight is 363 g/mol. The van der Waals surface area contributed by atoms with E-state index in [4.69, 9.17) is 21.3 Å². The van der Waals surface area contributed by atoms with Crippen LogP contribution in [-0.4, -0.2) is 12.1 Å². The molecule has 3 aromatic carbocycles. The lowest BCUT2D eigenvalue weighted by atomic mass is 10.0. The topological polar surface area (TPSA) is 34.1 Å². The van der Waals surface area contributed by atoms with Gasteiger partial charge in [0, 0.05) is 22.3 Å². The van der Waals surface area contributed by atoms with Gasteiger partial charge >= 0.3 is 0 Å². The lowest BCUT2D eigenvalue weighted by Gasteiger charge is -2.16. The van der Waals surface area contributed by atoms with E-state index in [-0.39, 0.29) is 0 Å². The zero-order valence-electron chi connectivity index (χ0n) is 14.7. The maximum atomic E-state index is 6.20. The number of aromatic nitrogens is 1. The molecule has 0 aliphatic rings. The number of benzene rings is 3. The highest BCUT2D eigenvalue weighted by molar-refractivity contribution is 6.31. The van der Waals surface area contributed by atoms with Gasteiger partial charge in [-0.1, -0.05) is 41.9 Å². The largest absolute Gasteiger partial charge is 0.497 e. The molecule has 1 aromatic heterocycles. The Labute approximate surface area is 157 Å². The fourth-order valence-corrected chi connectivity index (χ4v) is 3.42. The minimum atomic E-state index is 0.685. The number of nitrogens with zero attached hydrogens (tertiary/aromatic N) is 1. The molecule has 1 heterocycles. The molecule has 0 fully saturated rings. The van der Waals surface area contributed by atoms with E-state index in [2.05, 4.69) is 24.4 Å². The zero-order chi connectivity index (χ0) is 18.1. The summed E-state index contributed by atoms with van der Waals surface area (Å²) in [4.78, 5) is 4.85. The monoisotopic (exact) mass is 362 g/mol. The molecule has 130 valence electrons. The first-order valence-electron chi connectivity index (χ1n) is 8.51. The quantitative estimate of drug-likeness (QED) is 0.454. The molecule has 0 saturated heterocycles. The summed E-state index contributed by atoms with van der Waals surface area (Å²) < 4.78 is 5.48. The maximum Gasteiger partial charge on any atom is 0.119 e. The molecule has 0 saturated carbocycles. The van der Waals surface area contributed by atoms with Crippen LogP contribution in [0.4, 0.5) is 5.69 Å². The molecule has 0 bridgehead atoms. The van der Waals surface area contributed by atoms with E-state index < -0.39 is 0 Å². The number of nitrogens with one attached hydrogen (secondary N) is 1. The highest BCUT2D eigenvalue weighted by atomic mass is 35.5. The fourth-order valence-electron chi connectivity index (χ4n) is 3.25. The van der Waals surface area contributed by atoms with Crippen LogP contribution in [-0.2, 0) is 6.54 Å². The predicted octanol–water partition coefficient (Wildman–Crippen LogP) is 5.97. The number of hydrogen-bond donors (Lipinski definition) is 1. The van der Waals surface area contributed by atoms with Gasteiger partial charge in [0.05, 0.1) is 23.8 Å². The molecule has 0 spiro atoms. The third kappa shape index (κ3) is 3.06. The van der Waals surface area contributed by atoms with Crippen LogP contribution in [0.3, 0.4) is 0 Å². The number of anilines is 1. The molecule has 3 nitrogen and oxygen atoms in total. The first-order chi connectivity index (χ1) is 12.7. The third-order valence-electron chi connectivity index (χ3n) is 4.55. The van der Waals surface area contributed by atoms with Crippen molar-refractivity contribution in [3.63, 3.8) is 0 Å². The van der Waals surface area contributed by atoms with Gasteiger partial charge in [0.1, 0.15) is 5.75 Å². The van der Waals surface area contributed by atoms with Gasteiger partial charge < -0.3 is 10.1 Å². The van der Waals surface area contributed by atoms with Crippen LogP contribution in [0.25, 0.3) is 21.8 Å². The second-order valence-corrected chi connectivity index (χ2v) is 6.76. The van der Waals surface area contributed by atoms with Crippen molar-refractivity contribution in [2.24, 2.45) is 0 Å². The van der Waals surface area contributed by atoms with Crippen LogP contribution in [0.2, 0.25) is 5.02 Å². The van der Waals surface area contributed by atoms with Crippen LogP contribution in [0.5, 0.6) is 5.75 Å². The van der Waals surface area contributed by atoms with E-state index in [1.807, 2.05) is 48.5 Å². The van der Waals surface area contributed by atoms with Crippen molar-refractivity contribution < 1.29 is 4.74 Å². The zero-order valence-corrected chi connectivity index (χ0v) is 15.5. The van der Waals surface area contributed by atoms with E-state index in [1.54, 1.807) is 7.11 Å². The van der Waals surface area contributed by atoms with Gasteiger partial charge in [0.2, 0.25) is 0 Å². The molecule has 1 N–H and O–H groups in total. The average Bonchev–Trinajstić information content (AvgIpc) is 2.66. The molecule has 0 unspecified atom stereocenters. The Kier molecular flexibility index (Phi) is 4.39. The van der Waals surface area contributed by atoms with Crippen molar-refractivity contribution in [2.45, 2.75) is 13.5 Å². The maximum absolute atomic E-state index is 6.20. The number of ether oxygens (including phenoxy) is 1. The minimum absolute atomic E-state index is 0.685. The van der Waals surface area contributed by atoms with Gasteiger partial charge in [-0.05, 0) is 48.4 Å². The molecule has 4 heteroatoms. The summed E-state index contributed by atoms with van der Waals surface area (Å²) in [6.07, 6.45) is 0. The summed E-state index contributed by atoms with van der Waals surface area (Å²) in [5.74, 6) is 0.827. The normalized spacial score (nSPS) is 11.0. The highest BCUT2D eigenvalue weighted by Gasteiger charge is 2.13. The second kappa shape index (κ2) is 6.85. The number of rotatable bonds is 4. The first-order valence-corrected chi connectivity index (χ1v) is 8.89. The van der Waals surface area contributed by atoms with Gasteiger partial charge in [-0.15, -0.1) is 0 Å². The second-order valence-electron chi connectivity index (χ2n) is 6.33. The molecule has 0 aliphatic carbocycles. The van der Waals surface area contributed by atoms with Crippen LogP contribution < -0.4 is 10.1 Å². The number of methoxy groups -OCH3 is 1. The van der Waals surface area contributed by atoms with Crippen LogP contribution in [0, 0.1) is 6.92 Å². The summed E-state index contributed by atoms with van der Waals surface area (Å²) in [6.45, 7) is 2.78. The SMILES string of the molecule is COc1cc(C)c2nc3cc(Cl)ccc3c(NCc3ccccc3)c2c1. The van der Waals surface area contributed by atoms with Crippen LogP contribution in [0.1, 0.15) is 11.1 Å². The summed E-state index contributed by atoms with van der Waals surface area (Å²) in [6, 6.07) is 20.2. The van der Waals surface area contributed by atoms with Crippen molar-refractivity contribution in [3.8, 4) is 5.75 Å². The van der Waals surface area contributed by atoms with Crippen LogP contribution in [0.15, 0.2) is 60.7 Å². The Balaban J connectivity index is 1.94. The summed E-state index contributed by atoms with van der Waals surface area (Å²) in [5.41, 5.74) is 5.18. The molecule has 0 amide bonds. The summed E-state index contributed by atoms with van der Waals surface area (Å²) in [5, 5.41) is 6.39. The van der Waals surface area contributed by atoms with Crippen molar-refractivity contribution in [1.29, 1.82) is 0 Å². The molecule has 26 heavy (non-hydrogen) atoms. The number of hydrogen-bond acceptors (Lipinski definition) is 3. The van der Waals surface area contributed by atoms with Crippen LogP contribution >= 0.6 is 11.6 Å². The van der Waals surface area contributed by atoms with E-state index >= 15 is 0 Å².